The molecule has 0 saturated carbocycles. The first-order chi connectivity index (χ1) is 13.0. The number of ether oxygens (including phenoxy) is 1. The lowest BCUT2D eigenvalue weighted by Gasteiger charge is -2.24. The molecule has 0 bridgehead atoms. The lowest BCUT2D eigenvalue weighted by molar-refractivity contribution is -0.135. The number of rotatable bonds is 9. The van der Waals surface area contributed by atoms with Gasteiger partial charge in [-0.25, -0.2) is 0 Å². The van der Waals surface area contributed by atoms with E-state index >= 15 is 0 Å². The van der Waals surface area contributed by atoms with E-state index in [0.717, 1.165) is 16.2 Å². The highest BCUT2D eigenvalue weighted by Gasteiger charge is 2.21. The van der Waals surface area contributed by atoms with Crippen molar-refractivity contribution < 1.29 is 14.3 Å². The number of nitrogens with one attached hydrogen (secondary N) is 1. The zero-order valence-electron chi connectivity index (χ0n) is 15.6. The van der Waals surface area contributed by atoms with E-state index in [9.17, 15) is 9.59 Å². The van der Waals surface area contributed by atoms with Crippen molar-refractivity contribution in [3.8, 4) is 5.75 Å². The summed E-state index contributed by atoms with van der Waals surface area (Å²) in [5, 5.41) is 4.69. The first kappa shape index (κ1) is 20.5. The molecule has 0 radical (unpaired) electrons. The Kier molecular flexibility index (Phi) is 7.82. The van der Waals surface area contributed by atoms with Crippen LogP contribution in [0.3, 0.4) is 0 Å². The zero-order valence-corrected chi connectivity index (χ0v) is 16.4. The van der Waals surface area contributed by atoms with Crippen molar-refractivity contribution in [1.82, 2.24) is 10.2 Å². The lowest BCUT2D eigenvalue weighted by atomic mass is 10.2. The van der Waals surface area contributed by atoms with Crippen molar-refractivity contribution in [1.29, 1.82) is 0 Å². The third kappa shape index (κ3) is 6.42. The SMILES string of the molecule is C=CCN(Cc1cccs1)C(=O)C(C)NC(=O)/C=C/c1ccc(OC)cc1. The lowest BCUT2D eigenvalue weighted by Crippen LogP contribution is -2.46. The number of methoxy groups -OCH3 is 1. The molecule has 0 spiro atoms. The van der Waals surface area contributed by atoms with Crippen molar-refractivity contribution in [2.45, 2.75) is 19.5 Å². The maximum Gasteiger partial charge on any atom is 0.245 e. The van der Waals surface area contributed by atoms with E-state index in [4.69, 9.17) is 4.74 Å². The molecular formula is C21H24N2O3S. The third-order valence-corrected chi connectivity index (χ3v) is 4.72. The Bertz CT molecular complexity index is 782. The largest absolute Gasteiger partial charge is 0.497 e. The fourth-order valence-electron chi connectivity index (χ4n) is 2.46. The molecule has 2 amide bonds. The maximum absolute atomic E-state index is 12.7. The monoisotopic (exact) mass is 384 g/mol. The van der Waals surface area contributed by atoms with Gasteiger partial charge in [-0.3, -0.25) is 9.59 Å². The van der Waals surface area contributed by atoms with Gasteiger partial charge in [0.25, 0.3) is 0 Å². The van der Waals surface area contributed by atoms with Crippen molar-refractivity contribution in [3.05, 3.63) is 70.9 Å². The molecule has 0 fully saturated rings. The molecule has 1 atom stereocenters. The van der Waals surface area contributed by atoms with Gasteiger partial charge in [-0.1, -0.05) is 24.3 Å². The van der Waals surface area contributed by atoms with Gasteiger partial charge in [-0.05, 0) is 42.1 Å². The van der Waals surface area contributed by atoms with E-state index in [-0.39, 0.29) is 11.8 Å². The van der Waals surface area contributed by atoms with Gasteiger partial charge in [0.2, 0.25) is 11.8 Å². The summed E-state index contributed by atoms with van der Waals surface area (Å²) in [5.41, 5.74) is 0.871. The topological polar surface area (TPSA) is 58.6 Å². The average Bonchev–Trinajstić information content (AvgIpc) is 3.19. The number of benzene rings is 1. The van der Waals surface area contributed by atoms with Crippen LogP contribution in [0.25, 0.3) is 6.08 Å². The number of thiophene rings is 1. The highest BCUT2D eigenvalue weighted by Crippen LogP contribution is 2.13. The van der Waals surface area contributed by atoms with E-state index in [1.807, 2.05) is 41.8 Å². The second-order valence-electron chi connectivity index (χ2n) is 5.92. The number of carbonyl (C=O) groups excluding carboxylic acids is 2. The molecule has 5 nitrogen and oxygen atoms in total. The Balaban J connectivity index is 1.93. The molecule has 2 rings (SSSR count). The molecule has 0 aliphatic heterocycles. The molecular weight excluding hydrogens is 360 g/mol. The predicted octanol–water partition coefficient (Wildman–Crippen LogP) is 3.49. The van der Waals surface area contributed by atoms with Crippen LogP contribution < -0.4 is 10.1 Å². The van der Waals surface area contributed by atoms with Gasteiger partial charge in [0.15, 0.2) is 0 Å². The van der Waals surface area contributed by atoms with E-state index in [1.54, 1.807) is 42.4 Å². The van der Waals surface area contributed by atoms with Crippen LogP contribution in [0, 0.1) is 0 Å². The number of amides is 2. The van der Waals surface area contributed by atoms with Crippen molar-refractivity contribution in [2.75, 3.05) is 13.7 Å². The van der Waals surface area contributed by atoms with Crippen LogP contribution in [-0.4, -0.2) is 36.4 Å². The quantitative estimate of drug-likeness (QED) is 0.532. The summed E-state index contributed by atoms with van der Waals surface area (Å²) in [5.74, 6) is 0.291. The standard InChI is InChI=1S/C21H24N2O3S/c1-4-13-23(15-19-6-5-14-27-19)21(25)16(2)22-20(24)12-9-17-7-10-18(26-3)11-8-17/h4-12,14,16H,1,13,15H2,2-3H3,(H,22,24)/b12-9+. The molecule has 0 aliphatic rings. The van der Waals surface area contributed by atoms with Crippen LogP contribution in [0.15, 0.2) is 60.5 Å². The van der Waals surface area contributed by atoms with Gasteiger partial charge in [-0.2, -0.15) is 0 Å². The molecule has 1 heterocycles. The number of nitrogens with zero attached hydrogens (tertiary/aromatic N) is 1. The Morgan fingerprint density at radius 3 is 2.63 bits per heavy atom. The number of carbonyl (C=O) groups is 2. The molecule has 27 heavy (non-hydrogen) atoms. The summed E-state index contributed by atoms with van der Waals surface area (Å²) in [6.07, 6.45) is 4.80. The minimum Gasteiger partial charge on any atom is -0.497 e. The zero-order chi connectivity index (χ0) is 19.6. The van der Waals surface area contributed by atoms with Gasteiger partial charge in [0.05, 0.1) is 13.7 Å². The second kappa shape index (κ2) is 10.3. The Morgan fingerprint density at radius 2 is 2.04 bits per heavy atom. The Hall–Kier alpha value is -2.86. The summed E-state index contributed by atoms with van der Waals surface area (Å²) in [7, 11) is 1.60. The predicted molar refractivity (Wildman–Crippen MR) is 110 cm³/mol. The Labute approximate surface area is 164 Å². The summed E-state index contributed by atoms with van der Waals surface area (Å²) >= 11 is 1.59. The van der Waals surface area contributed by atoms with Gasteiger partial charge >= 0.3 is 0 Å². The summed E-state index contributed by atoms with van der Waals surface area (Å²) in [4.78, 5) is 27.6. The van der Waals surface area contributed by atoms with Crippen molar-refractivity contribution in [2.24, 2.45) is 0 Å². The van der Waals surface area contributed by atoms with Crippen LogP contribution in [-0.2, 0) is 16.1 Å². The van der Waals surface area contributed by atoms with Gasteiger partial charge in [-0.15, -0.1) is 17.9 Å². The molecule has 2 aromatic rings. The van der Waals surface area contributed by atoms with Crippen molar-refractivity contribution >= 4 is 29.2 Å². The van der Waals surface area contributed by atoms with E-state index in [1.165, 1.54) is 6.08 Å². The minimum absolute atomic E-state index is 0.144. The summed E-state index contributed by atoms with van der Waals surface area (Å²) in [6, 6.07) is 10.6. The van der Waals surface area contributed by atoms with Gasteiger partial charge in [0.1, 0.15) is 11.8 Å². The van der Waals surface area contributed by atoms with Crippen LogP contribution in [0.2, 0.25) is 0 Å². The van der Waals surface area contributed by atoms with Crippen LogP contribution in [0.4, 0.5) is 0 Å². The van der Waals surface area contributed by atoms with Gasteiger partial charge < -0.3 is 15.0 Å². The first-order valence-corrected chi connectivity index (χ1v) is 9.46. The number of hydrogen-bond acceptors (Lipinski definition) is 4. The second-order valence-corrected chi connectivity index (χ2v) is 6.96. The van der Waals surface area contributed by atoms with E-state index in [0.29, 0.717) is 13.1 Å². The van der Waals surface area contributed by atoms with Crippen LogP contribution in [0.5, 0.6) is 5.75 Å². The molecule has 1 unspecified atom stereocenters. The molecule has 1 N–H and O–H groups in total. The van der Waals surface area contributed by atoms with E-state index < -0.39 is 6.04 Å². The first-order valence-electron chi connectivity index (χ1n) is 8.58. The smallest absolute Gasteiger partial charge is 0.245 e. The summed E-state index contributed by atoms with van der Waals surface area (Å²) < 4.78 is 5.10. The summed E-state index contributed by atoms with van der Waals surface area (Å²) in [6.45, 7) is 6.33. The number of hydrogen-bond donors (Lipinski definition) is 1. The van der Waals surface area contributed by atoms with Gasteiger partial charge in [0, 0.05) is 17.5 Å². The molecule has 1 aromatic heterocycles. The third-order valence-electron chi connectivity index (χ3n) is 3.86. The molecule has 0 saturated heterocycles. The maximum atomic E-state index is 12.7. The molecule has 1 aromatic carbocycles. The van der Waals surface area contributed by atoms with E-state index in [2.05, 4.69) is 11.9 Å². The average molecular weight is 385 g/mol. The minimum atomic E-state index is -0.627. The fourth-order valence-corrected chi connectivity index (χ4v) is 3.18. The molecule has 142 valence electrons. The van der Waals surface area contributed by atoms with Crippen molar-refractivity contribution in [3.63, 3.8) is 0 Å². The molecule has 0 aliphatic carbocycles. The fraction of sp³-hybridized carbons (Fsp3) is 0.238. The van der Waals surface area contributed by atoms with Crippen LogP contribution in [0.1, 0.15) is 17.4 Å². The highest BCUT2D eigenvalue weighted by molar-refractivity contribution is 7.09. The highest BCUT2D eigenvalue weighted by atomic mass is 32.1. The molecule has 6 heteroatoms. The Morgan fingerprint density at radius 1 is 1.30 bits per heavy atom. The van der Waals surface area contributed by atoms with Crippen LogP contribution >= 0.6 is 11.3 Å². The normalized spacial score (nSPS) is 11.8.